The van der Waals surface area contributed by atoms with E-state index in [1.807, 2.05) is 12.1 Å². The first-order valence-electron chi connectivity index (χ1n) is 9.96. The Morgan fingerprint density at radius 1 is 1.00 bits per heavy atom. The van der Waals surface area contributed by atoms with Crippen LogP contribution in [0.1, 0.15) is 51.7 Å². The maximum atomic E-state index is 11.4. The van der Waals surface area contributed by atoms with Crippen molar-refractivity contribution in [2.45, 2.75) is 52.2 Å². The summed E-state index contributed by atoms with van der Waals surface area (Å²) in [5.74, 6) is -0.271. The normalized spacial score (nSPS) is 22.8. The van der Waals surface area contributed by atoms with Crippen LogP contribution in [0.4, 0.5) is 0 Å². The molecule has 1 fully saturated rings. The third-order valence-electron chi connectivity index (χ3n) is 5.85. The number of rotatable bonds is 7. The van der Waals surface area contributed by atoms with Gasteiger partial charge in [-0.3, -0.25) is 4.79 Å². The van der Waals surface area contributed by atoms with Gasteiger partial charge in [-0.05, 0) is 37.8 Å². The van der Waals surface area contributed by atoms with Crippen molar-refractivity contribution in [3.05, 3.63) is 83.4 Å². The molecule has 3 heteroatoms. The zero-order chi connectivity index (χ0) is 20.2. The molecular formula is C25H30O3. The first-order chi connectivity index (χ1) is 13.4. The van der Waals surface area contributed by atoms with Crippen LogP contribution in [0, 0.1) is 5.41 Å². The third kappa shape index (κ3) is 3.64. The molecule has 1 heterocycles. The fourth-order valence-corrected chi connectivity index (χ4v) is 4.36. The Hall–Kier alpha value is -2.39. The Kier molecular flexibility index (Phi) is 6.04. The van der Waals surface area contributed by atoms with Crippen molar-refractivity contribution in [3.8, 4) is 0 Å². The van der Waals surface area contributed by atoms with Crippen LogP contribution < -0.4 is 0 Å². The lowest BCUT2D eigenvalue weighted by Crippen LogP contribution is -2.67. The number of benzene rings is 2. The second-order valence-corrected chi connectivity index (χ2v) is 8.06. The van der Waals surface area contributed by atoms with Gasteiger partial charge in [0.1, 0.15) is 18.3 Å². The van der Waals surface area contributed by atoms with E-state index in [9.17, 15) is 4.79 Å². The summed E-state index contributed by atoms with van der Waals surface area (Å²) in [5, 5.41) is 0. The van der Waals surface area contributed by atoms with Crippen LogP contribution in [0.5, 0.6) is 0 Å². The maximum Gasteiger partial charge on any atom is 0.302 e. The van der Waals surface area contributed by atoms with E-state index in [-0.39, 0.29) is 24.1 Å². The van der Waals surface area contributed by atoms with Crippen molar-refractivity contribution in [2.75, 3.05) is 6.61 Å². The van der Waals surface area contributed by atoms with Gasteiger partial charge in [-0.1, -0.05) is 79.2 Å². The molecule has 0 N–H and O–H groups in total. The van der Waals surface area contributed by atoms with E-state index in [1.54, 1.807) is 0 Å². The van der Waals surface area contributed by atoms with Gasteiger partial charge in [0.25, 0.3) is 0 Å². The molecule has 0 aliphatic carbocycles. The van der Waals surface area contributed by atoms with Gasteiger partial charge in [-0.2, -0.15) is 0 Å². The molecule has 2 aromatic rings. The molecule has 2 aromatic carbocycles. The Morgan fingerprint density at radius 3 is 2.00 bits per heavy atom. The fraction of sp³-hybridized carbons (Fsp3) is 0.400. The number of ether oxygens (including phenoxy) is 2. The highest BCUT2D eigenvalue weighted by Gasteiger charge is 2.65. The quantitative estimate of drug-likeness (QED) is 0.462. The molecule has 148 valence electrons. The number of carbonyl (C=O) groups excluding carboxylic acids is 1. The minimum absolute atomic E-state index is 0.151. The van der Waals surface area contributed by atoms with Crippen LogP contribution in [-0.4, -0.2) is 18.7 Å². The molecule has 28 heavy (non-hydrogen) atoms. The molecule has 0 saturated carbocycles. The summed E-state index contributed by atoms with van der Waals surface area (Å²) in [4.78, 5) is 11.4. The summed E-state index contributed by atoms with van der Waals surface area (Å²) in [6.07, 6.45) is 4.02. The van der Waals surface area contributed by atoms with Crippen molar-refractivity contribution in [1.82, 2.24) is 0 Å². The van der Waals surface area contributed by atoms with Gasteiger partial charge in [-0.15, -0.1) is 0 Å². The average molecular weight is 379 g/mol. The molecule has 1 aliphatic heterocycles. The van der Waals surface area contributed by atoms with Crippen molar-refractivity contribution < 1.29 is 14.3 Å². The Morgan fingerprint density at radius 2 is 1.54 bits per heavy atom. The summed E-state index contributed by atoms with van der Waals surface area (Å²) < 4.78 is 12.0. The van der Waals surface area contributed by atoms with Crippen LogP contribution in [0.3, 0.4) is 0 Å². The van der Waals surface area contributed by atoms with Crippen LogP contribution in [0.25, 0.3) is 0 Å². The summed E-state index contributed by atoms with van der Waals surface area (Å²) in [6.45, 7) is 8.24. The fourth-order valence-electron chi connectivity index (χ4n) is 4.36. The van der Waals surface area contributed by atoms with Crippen molar-refractivity contribution in [3.63, 3.8) is 0 Å². The lowest BCUT2D eigenvalue weighted by atomic mass is 9.56. The molecule has 1 aliphatic rings. The van der Waals surface area contributed by atoms with Gasteiger partial charge in [0, 0.05) is 12.3 Å². The summed E-state index contributed by atoms with van der Waals surface area (Å²) >= 11 is 0. The average Bonchev–Trinajstić information content (AvgIpc) is 2.68. The van der Waals surface area contributed by atoms with Gasteiger partial charge >= 0.3 is 5.97 Å². The highest BCUT2D eigenvalue weighted by Crippen LogP contribution is 2.62. The van der Waals surface area contributed by atoms with E-state index in [1.165, 1.54) is 12.5 Å². The molecule has 0 aromatic heterocycles. The molecule has 0 amide bonds. The zero-order valence-electron chi connectivity index (χ0n) is 17.3. The topological polar surface area (TPSA) is 35.5 Å². The summed E-state index contributed by atoms with van der Waals surface area (Å²) in [5.41, 5.74) is 2.82. The first-order valence-corrected chi connectivity index (χ1v) is 9.96. The smallest absolute Gasteiger partial charge is 0.302 e. The molecule has 1 saturated heterocycles. The molecular weight excluding hydrogens is 348 g/mol. The van der Waals surface area contributed by atoms with Gasteiger partial charge in [0.05, 0.1) is 0 Å². The monoisotopic (exact) mass is 378 g/mol. The minimum Gasteiger partial charge on any atom is -0.463 e. The second kappa shape index (κ2) is 8.32. The maximum absolute atomic E-state index is 11.4. The Bertz CT molecular complexity index is 782. The minimum atomic E-state index is -0.560. The molecule has 0 spiro atoms. The molecule has 2 atom stereocenters. The van der Waals surface area contributed by atoms with Crippen molar-refractivity contribution in [2.24, 2.45) is 5.41 Å². The first kappa shape index (κ1) is 20.3. The zero-order valence-corrected chi connectivity index (χ0v) is 17.3. The van der Waals surface area contributed by atoms with E-state index in [4.69, 9.17) is 9.47 Å². The van der Waals surface area contributed by atoms with E-state index >= 15 is 0 Å². The number of carbonyl (C=O) groups is 1. The van der Waals surface area contributed by atoms with Gasteiger partial charge in [0.2, 0.25) is 0 Å². The van der Waals surface area contributed by atoms with Crippen molar-refractivity contribution in [1.29, 1.82) is 0 Å². The van der Waals surface area contributed by atoms with E-state index in [2.05, 4.69) is 75.4 Å². The van der Waals surface area contributed by atoms with Crippen LogP contribution >= 0.6 is 0 Å². The molecule has 0 unspecified atom stereocenters. The standard InChI is InChI=1S/C25H30O3/c1-19(2)12-11-17-24(4)23(18-27-20(3)26)28-25(24,21-13-7-5-8-14-21)22-15-9-6-10-16-22/h5-10,12-16,23H,11,17-18H2,1-4H3/t23-,24-/m1/s1. The number of esters is 1. The van der Waals surface area contributed by atoms with E-state index in [0.29, 0.717) is 0 Å². The van der Waals surface area contributed by atoms with E-state index in [0.717, 1.165) is 24.0 Å². The van der Waals surface area contributed by atoms with Crippen LogP contribution in [0.2, 0.25) is 0 Å². The van der Waals surface area contributed by atoms with Gasteiger partial charge in [-0.25, -0.2) is 0 Å². The molecule has 0 bridgehead atoms. The highest BCUT2D eigenvalue weighted by atomic mass is 16.6. The lowest BCUT2D eigenvalue weighted by molar-refractivity contribution is -0.313. The Labute approximate surface area is 168 Å². The highest BCUT2D eigenvalue weighted by molar-refractivity contribution is 5.66. The van der Waals surface area contributed by atoms with Crippen molar-refractivity contribution >= 4 is 5.97 Å². The largest absolute Gasteiger partial charge is 0.463 e. The summed E-state index contributed by atoms with van der Waals surface area (Å²) in [6, 6.07) is 20.8. The van der Waals surface area contributed by atoms with E-state index < -0.39 is 5.60 Å². The second-order valence-electron chi connectivity index (χ2n) is 8.06. The molecule has 3 rings (SSSR count). The summed E-state index contributed by atoms with van der Waals surface area (Å²) in [7, 11) is 0. The lowest BCUT2D eigenvalue weighted by Gasteiger charge is -2.63. The number of allylic oxidation sites excluding steroid dienone is 2. The Balaban J connectivity index is 2.06. The van der Waals surface area contributed by atoms with Gasteiger partial charge in [0.15, 0.2) is 0 Å². The number of hydrogen-bond donors (Lipinski definition) is 0. The van der Waals surface area contributed by atoms with Gasteiger partial charge < -0.3 is 9.47 Å². The van der Waals surface area contributed by atoms with Crippen LogP contribution in [0.15, 0.2) is 72.3 Å². The predicted molar refractivity (Wildman–Crippen MR) is 112 cm³/mol. The number of hydrogen-bond acceptors (Lipinski definition) is 3. The van der Waals surface area contributed by atoms with Crippen LogP contribution in [-0.2, 0) is 19.9 Å². The molecule has 0 radical (unpaired) electrons. The predicted octanol–water partition coefficient (Wildman–Crippen LogP) is 5.64. The third-order valence-corrected chi connectivity index (χ3v) is 5.85. The SMILES string of the molecule is CC(=O)OC[C@H]1OC(c2ccccc2)(c2ccccc2)[C@]1(C)CCC=C(C)C. The molecule has 3 nitrogen and oxygen atoms in total.